The van der Waals surface area contributed by atoms with Gasteiger partial charge >= 0.3 is 0 Å². The number of carbonyl (C=O) groups excluding carboxylic acids is 1. The van der Waals surface area contributed by atoms with Crippen LogP contribution in [0.5, 0.6) is 5.75 Å². The zero-order chi connectivity index (χ0) is 16.4. The summed E-state index contributed by atoms with van der Waals surface area (Å²) in [5, 5.41) is 13.6. The third-order valence-electron chi connectivity index (χ3n) is 3.33. The van der Waals surface area contributed by atoms with Crippen LogP contribution in [0.3, 0.4) is 0 Å². The number of benzene rings is 2. The zero-order valence-electron chi connectivity index (χ0n) is 12.3. The first-order valence-corrected chi connectivity index (χ1v) is 7.01. The van der Waals surface area contributed by atoms with Crippen LogP contribution in [0.1, 0.15) is 12.5 Å². The van der Waals surface area contributed by atoms with Gasteiger partial charge in [-0.2, -0.15) is 0 Å². The summed E-state index contributed by atoms with van der Waals surface area (Å²) < 4.78 is 5.49. The van der Waals surface area contributed by atoms with E-state index in [1.807, 2.05) is 13.0 Å². The molecule has 0 spiro atoms. The predicted molar refractivity (Wildman–Crippen MR) is 85.5 cm³/mol. The molecule has 1 aliphatic heterocycles. The topological polar surface area (TPSA) is 93.8 Å². The average molecular weight is 311 g/mol. The van der Waals surface area contributed by atoms with Crippen molar-refractivity contribution in [3.8, 4) is 5.75 Å². The van der Waals surface area contributed by atoms with Crippen molar-refractivity contribution < 1.29 is 14.5 Å². The lowest BCUT2D eigenvalue weighted by Crippen LogP contribution is -2.14. The molecule has 1 N–H and O–H groups in total. The fourth-order valence-corrected chi connectivity index (χ4v) is 2.31. The van der Waals surface area contributed by atoms with Crippen LogP contribution in [-0.2, 0) is 4.79 Å². The molecule has 1 amide bonds. The number of ether oxygens (including phenoxy) is 1. The summed E-state index contributed by atoms with van der Waals surface area (Å²) in [6.07, 6.45) is 0. The molecular weight excluding hydrogens is 298 g/mol. The van der Waals surface area contributed by atoms with Crippen LogP contribution in [0.4, 0.5) is 17.1 Å². The molecule has 116 valence electrons. The van der Waals surface area contributed by atoms with Crippen LogP contribution in [-0.4, -0.2) is 23.1 Å². The highest BCUT2D eigenvalue weighted by Crippen LogP contribution is 2.32. The molecule has 1 aliphatic rings. The van der Waals surface area contributed by atoms with E-state index in [0.717, 1.165) is 0 Å². The number of hydrogen-bond acceptors (Lipinski definition) is 5. The summed E-state index contributed by atoms with van der Waals surface area (Å²) in [4.78, 5) is 26.9. The molecule has 0 bridgehead atoms. The molecule has 0 aromatic heterocycles. The van der Waals surface area contributed by atoms with E-state index in [1.54, 1.807) is 18.2 Å². The lowest BCUT2D eigenvalue weighted by Gasteiger charge is -2.06. The second-order valence-corrected chi connectivity index (χ2v) is 4.80. The molecule has 1 heterocycles. The number of non-ortho nitro benzene ring substituents is 1. The summed E-state index contributed by atoms with van der Waals surface area (Å²) in [6, 6.07) is 11.3. The second-order valence-electron chi connectivity index (χ2n) is 4.80. The van der Waals surface area contributed by atoms with E-state index in [4.69, 9.17) is 4.74 Å². The van der Waals surface area contributed by atoms with Crippen molar-refractivity contribution in [1.29, 1.82) is 0 Å². The van der Waals surface area contributed by atoms with Gasteiger partial charge in [-0.15, -0.1) is 0 Å². The van der Waals surface area contributed by atoms with Crippen molar-refractivity contribution in [3.63, 3.8) is 0 Å². The molecule has 0 saturated carbocycles. The van der Waals surface area contributed by atoms with Gasteiger partial charge in [0.05, 0.1) is 17.2 Å². The van der Waals surface area contributed by atoms with Gasteiger partial charge in [0.15, 0.2) is 0 Å². The number of aliphatic imine (C=N–C) groups is 1. The number of carbonyl (C=O) groups is 1. The Morgan fingerprint density at radius 3 is 2.78 bits per heavy atom. The molecule has 7 nitrogen and oxygen atoms in total. The van der Waals surface area contributed by atoms with E-state index in [0.29, 0.717) is 29.3 Å². The molecule has 2 aromatic carbocycles. The number of amides is 1. The van der Waals surface area contributed by atoms with Crippen LogP contribution in [0.25, 0.3) is 0 Å². The summed E-state index contributed by atoms with van der Waals surface area (Å²) in [5.41, 5.74) is 1.46. The molecule has 3 rings (SSSR count). The highest BCUT2D eigenvalue weighted by Gasteiger charge is 2.28. The van der Waals surface area contributed by atoms with E-state index in [-0.39, 0.29) is 11.4 Å². The molecule has 0 unspecified atom stereocenters. The first-order chi connectivity index (χ1) is 11.1. The molecule has 0 saturated heterocycles. The lowest BCUT2D eigenvalue weighted by atomic mass is 10.1. The number of rotatable bonds is 4. The van der Waals surface area contributed by atoms with Crippen molar-refractivity contribution in [2.75, 3.05) is 11.9 Å². The van der Waals surface area contributed by atoms with Gasteiger partial charge in [0.25, 0.3) is 11.6 Å². The Hall–Kier alpha value is -3.22. The fraction of sp³-hybridized carbons (Fsp3) is 0.125. The molecule has 2 aromatic rings. The summed E-state index contributed by atoms with van der Waals surface area (Å²) in [7, 11) is 0. The maximum atomic E-state index is 12.1. The molecule has 0 aliphatic carbocycles. The number of hydrogen-bond donors (Lipinski definition) is 1. The maximum absolute atomic E-state index is 12.1. The van der Waals surface area contributed by atoms with E-state index in [9.17, 15) is 14.9 Å². The highest BCUT2D eigenvalue weighted by atomic mass is 16.6. The predicted octanol–water partition coefficient (Wildman–Crippen LogP) is 3.07. The Labute approximate surface area is 131 Å². The Balaban J connectivity index is 2.10. The van der Waals surface area contributed by atoms with Gasteiger partial charge in [-0.3, -0.25) is 14.9 Å². The molecule has 0 atom stereocenters. The minimum atomic E-state index is -0.505. The lowest BCUT2D eigenvalue weighted by molar-refractivity contribution is -0.384. The van der Waals surface area contributed by atoms with Crippen LogP contribution >= 0.6 is 0 Å². The van der Waals surface area contributed by atoms with Gasteiger partial charge in [-0.1, -0.05) is 12.1 Å². The van der Waals surface area contributed by atoms with Crippen LogP contribution < -0.4 is 10.1 Å². The monoisotopic (exact) mass is 311 g/mol. The Morgan fingerprint density at radius 1 is 1.26 bits per heavy atom. The number of nitrogens with zero attached hydrogens (tertiary/aromatic N) is 2. The SMILES string of the molecule is CCOc1ccccc1N=C1C(=O)Nc2ccc([N+](=O)[O-])cc21. The van der Waals surface area contributed by atoms with Crippen molar-refractivity contribution in [3.05, 3.63) is 58.1 Å². The Kier molecular flexibility index (Phi) is 3.76. The Bertz CT molecular complexity index is 830. The summed E-state index contributed by atoms with van der Waals surface area (Å²) in [5.74, 6) is 0.154. The quantitative estimate of drug-likeness (QED) is 0.693. The van der Waals surface area contributed by atoms with Crippen molar-refractivity contribution in [1.82, 2.24) is 0 Å². The summed E-state index contributed by atoms with van der Waals surface area (Å²) in [6.45, 7) is 2.32. The zero-order valence-corrected chi connectivity index (χ0v) is 12.3. The second kappa shape index (κ2) is 5.88. The van der Waals surface area contributed by atoms with E-state index >= 15 is 0 Å². The molecular formula is C16H13N3O4. The average Bonchev–Trinajstić information content (AvgIpc) is 2.84. The smallest absolute Gasteiger partial charge is 0.275 e. The minimum absolute atomic E-state index is 0.0916. The number of nitrogens with one attached hydrogen (secondary N) is 1. The van der Waals surface area contributed by atoms with Crippen molar-refractivity contribution >= 4 is 28.7 Å². The van der Waals surface area contributed by atoms with Gasteiger partial charge in [-0.05, 0) is 25.1 Å². The number of nitro benzene ring substituents is 1. The first kappa shape index (κ1) is 14.7. The normalized spacial score (nSPS) is 14.5. The standard InChI is InChI=1S/C16H13N3O4/c1-2-23-14-6-4-3-5-13(14)17-15-11-9-10(19(21)22)7-8-12(11)18-16(15)20/h3-9H,2H2,1H3,(H,17,18,20). The number of nitro groups is 1. The number of para-hydroxylation sites is 2. The molecule has 7 heteroatoms. The molecule has 0 radical (unpaired) electrons. The van der Waals surface area contributed by atoms with Crippen LogP contribution in [0.15, 0.2) is 47.5 Å². The highest BCUT2D eigenvalue weighted by molar-refractivity contribution is 6.54. The molecule has 0 fully saturated rings. The van der Waals surface area contributed by atoms with Crippen LogP contribution in [0, 0.1) is 10.1 Å². The van der Waals surface area contributed by atoms with E-state index < -0.39 is 10.8 Å². The minimum Gasteiger partial charge on any atom is -0.492 e. The number of fused-ring (bicyclic) bond motifs is 1. The van der Waals surface area contributed by atoms with Crippen LogP contribution in [0.2, 0.25) is 0 Å². The summed E-state index contributed by atoms with van der Waals surface area (Å²) >= 11 is 0. The Morgan fingerprint density at radius 2 is 2.04 bits per heavy atom. The van der Waals surface area contributed by atoms with Gasteiger partial charge in [0, 0.05) is 17.7 Å². The maximum Gasteiger partial charge on any atom is 0.275 e. The third kappa shape index (κ3) is 2.76. The number of anilines is 1. The largest absolute Gasteiger partial charge is 0.492 e. The van der Waals surface area contributed by atoms with Gasteiger partial charge in [-0.25, -0.2) is 4.99 Å². The van der Waals surface area contributed by atoms with E-state index in [2.05, 4.69) is 10.3 Å². The van der Waals surface area contributed by atoms with Gasteiger partial charge in [0.1, 0.15) is 17.1 Å². The molecule has 23 heavy (non-hydrogen) atoms. The third-order valence-corrected chi connectivity index (χ3v) is 3.33. The van der Waals surface area contributed by atoms with E-state index in [1.165, 1.54) is 18.2 Å². The first-order valence-electron chi connectivity index (χ1n) is 7.01. The van der Waals surface area contributed by atoms with Gasteiger partial charge < -0.3 is 10.1 Å². The van der Waals surface area contributed by atoms with Gasteiger partial charge in [0.2, 0.25) is 0 Å². The van der Waals surface area contributed by atoms with Crippen molar-refractivity contribution in [2.24, 2.45) is 4.99 Å². The fourth-order valence-electron chi connectivity index (χ4n) is 2.31. The van der Waals surface area contributed by atoms with Crippen molar-refractivity contribution in [2.45, 2.75) is 6.92 Å².